The first-order chi connectivity index (χ1) is 12.1. The van der Waals surface area contributed by atoms with Crippen molar-refractivity contribution in [1.29, 1.82) is 0 Å². The fourth-order valence-corrected chi connectivity index (χ4v) is 3.53. The average Bonchev–Trinajstić information content (AvgIpc) is 2.55. The van der Waals surface area contributed by atoms with Crippen LogP contribution in [0.25, 0.3) is 0 Å². The smallest absolute Gasteiger partial charge is 0.323 e. The number of carbonyl (C=O) groups excluding carboxylic acids is 1. The number of halogens is 3. The highest BCUT2D eigenvalue weighted by atomic mass is 32.2. The molecule has 26 heavy (non-hydrogen) atoms. The molecule has 2 aromatic rings. The number of urea groups is 1. The van der Waals surface area contributed by atoms with Crippen molar-refractivity contribution in [2.24, 2.45) is 0 Å². The molecule has 1 aliphatic rings. The van der Waals surface area contributed by atoms with Gasteiger partial charge in [0, 0.05) is 25.0 Å². The summed E-state index contributed by atoms with van der Waals surface area (Å²) >= 11 is 0. The minimum atomic E-state index is -4.54. The molecular weight excluding hydrogens is 371 g/mol. The number of benzene rings is 2. The third-order valence-electron chi connectivity index (χ3n) is 3.85. The number of sulfonamides is 1. The molecule has 3 rings (SSSR count). The van der Waals surface area contributed by atoms with Gasteiger partial charge in [-0.1, -0.05) is 0 Å². The van der Waals surface area contributed by atoms with E-state index in [-0.39, 0.29) is 16.6 Å². The Balaban J connectivity index is 1.84. The lowest BCUT2D eigenvalue weighted by molar-refractivity contribution is -0.137. The van der Waals surface area contributed by atoms with Gasteiger partial charge in [0.15, 0.2) is 0 Å². The molecule has 0 saturated heterocycles. The molecule has 0 atom stereocenters. The van der Waals surface area contributed by atoms with Crippen LogP contribution in [-0.4, -0.2) is 26.4 Å². The predicted octanol–water partition coefficient (Wildman–Crippen LogP) is 3.48. The van der Waals surface area contributed by atoms with Gasteiger partial charge in [0.25, 0.3) is 10.0 Å². The highest BCUT2D eigenvalue weighted by molar-refractivity contribution is 7.92. The van der Waals surface area contributed by atoms with Crippen molar-refractivity contribution in [3.63, 3.8) is 0 Å². The van der Waals surface area contributed by atoms with E-state index in [1.807, 2.05) is 0 Å². The van der Waals surface area contributed by atoms with E-state index in [1.54, 1.807) is 19.2 Å². The fraction of sp³-hybridized carbons (Fsp3) is 0.188. The van der Waals surface area contributed by atoms with E-state index in [4.69, 9.17) is 0 Å². The molecule has 0 saturated carbocycles. The van der Waals surface area contributed by atoms with Crippen LogP contribution in [0.4, 0.5) is 29.3 Å². The lowest BCUT2D eigenvalue weighted by Gasteiger charge is -2.26. The van der Waals surface area contributed by atoms with Crippen molar-refractivity contribution in [2.45, 2.75) is 17.6 Å². The first-order valence-electron chi connectivity index (χ1n) is 7.41. The van der Waals surface area contributed by atoms with Gasteiger partial charge >= 0.3 is 12.2 Å². The van der Waals surface area contributed by atoms with Crippen LogP contribution in [0.2, 0.25) is 0 Å². The monoisotopic (exact) mass is 385 g/mol. The third kappa shape index (κ3) is 3.59. The Kier molecular flexibility index (Phi) is 4.31. The summed E-state index contributed by atoms with van der Waals surface area (Å²) < 4.78 is 64.8. The summed E-state index contributed by atoms with van der Waals surface area (Å²) in [5, 5.41) is 2.65. The molecule has 1 aliphatic heterocycles. The van der Waals surface area contributed by atoms with Gasteiger partial charge in [-0.15, -0.1) is 0 Å². The highest BCUT2D eigenvalue weighted by Gasteiger charge is 2.30. The van der Waals surface area contributed by atoms with Gasteiger partial charge < -0.3 is 10.2 Å². The van der Waals surface area contributed by atoms with Crippen molar-refractivity contribution < 1.29 is 26.4 Å². The van der Waals surface area contributed by atoms with E-state index < -0.39 is 21.8 Å². The molecule has 0 aliphatic carbocycles. The molecule has 0 aromatic heterocycles. The number of anilines is 2. The normalized spacial score (nSPS) is 14.6. The maximum Gasteiger partial charge on any atom is 0.416 e. The number of alkyl halides is 3. The van der Waals surface area contributed by atoms with E-state index in [9.17, 15) is 26.4 Å². The molecule has 138 valence electrons. The molecular formula is C16H14F3N3O3S. The summed E-state index contributed by atoms with van der Waals surface area (Å²) in [6, 6.07) is 7.55. The number of amides is 2. The van der Waals surface area contributed by atoms with Crippen LogP contribution < -0.4 is 10.0 Å². The van der Waals surface area contributed by atoms with Crippen LogP contribution >= 0.6 is 0 Å². The molecule has 2 N–H and O–H groups in total. The zero-order valence-electron chi connectivity index (χ0n) is 13.5. The average molecular weight is 385 g/mol. The molecule has 2 aromatic carbocycles. The maximum absolute atomic E-state index is 12.6. The van der Waals surface area contributed by atoms with Gasteiger partial charge in [-0.2, -0.15) is 13.2 Å². The van der Waals surface area contributed by atoms with Crippen molar-refractivity contribution in [3.8, 4) is 0 Å². The largest absolute Gasteiger partial charge is 0.416 e. The van der Waals surface area contributed by atoms with Crippen molar-refractivity contribution in [1.82, 2.24) is 4.90 Å². The quantitative estimate of drug-likeness (QED) is 0.849. The van der Waals surface area contributed by atoms with Crippen LogP contribution in [0.3, 0.4) is 0 Å². The Morgan fingerprint density at radius 1 is 1.12 bits per heavy atom. The lowest BCUT2D eigenvalue weighted by Crippen LogP contribution is -2.35. The highest BCUT2D eigenvalue weighted by Crippen LogP contribution is 2.30. The van der Waals surface area contributed by atoms with E-state index in [0.29, 0.717) is 29.9 Å². The number of nitrogens with zero attached hydrogens (tertiary/aromatic N) is 1. The summed E-state index contributed by atoms with van der Waals surface area (Å²) in [4.78, 5) is 12.7. The number of fused-ring (bicyclic) bond motifs is 1. The minimum absolute atomic E-state index is 0.244. The molecule has 0 radical (unpaired) electrons. The van der Waals surface area contributed by atoms with Crippen LogP contribution in [0, 0.1) is 0 Å². The number of carbonyl (C=O) groups is 1. The van der Waals surface area contributed by atoms with Crippen molar-refractivity contribution in [2.75, 3.05) is 17.1 Å². The second kappa shape index (κ2) is 6.20. The van der Waals surface area contributed by atoms with E-state index in [1.165, 1.54) is 11.0 Å². The van der Waals surface area contributed by atoms with Crippen LogP contribution in [0.1, 0.15) is 11.1 Å². The molecule has 6 nitrogen and oxygen atoms in total. The zero-order valence-corrected chi connectivity index (χ0v) is 14.3. The van der Waals surface area contributed by atoms with Gasteiger partial charge in [-0.05, 0) is 48.0 Å². The third-order valence-corrected chi connectivity index (χ3v) is 5.24. The summed E-state index contributed by atoms with van der Waals surface area (Å²) in [7, 11) is -2.45. The van der Waals surface area contributed by atoms with Gasteiger partial charge in [0.2, 0.25) is 0 Å². The van der Waals surface area contributed by atoms with Gasteiger partial charge in [0.1, 0.15) is 0 Å². The first-order valence-corrected chi connectivity index (χ1v) is 8.90. The van der Waals surface area contributed by atoms with Crippen molar-refractivity contribution in [3.05, 3.63) is 53.6 Å². The molecule has 0 unspecified atom stereocenters. The lowest BCUT2D eigenvalue weighted by atomic mass is 10.1. The van der Waals surface area contributed by atoms with Gasteiger partial charge in [0.05, 0.1) is 10.5 Å². The molecule has 1 heterocycles. The van der Waals surface area contributed by atoms with Gasteiger partial charge in [-0.3, -0.25) is 4.72 Å². The molecule has 2 amide bonds. The number of hydrogen-bond acceptors (Lipinski definition) is 3. The second-order valence-corrected chi connectivity index (χ2v) is 7.47. The Morgan fingerprint density at radius 2 is 1.77 bits per heavy atom. The van der Waals surface area contributed by atoms with Gasteiger partial charge in [-0.25, -0.2) is 13.2 Å². The van der Waals surface area contributed by atoms with E-state index >= 15 is 0 Å². The van der Waals surface area contributed by atoms with Crippen LogP contribution in [0.5, 0.6) is 0 Å². The van der Waals surface area contributed by atoms with Crippen LogP contribution in [0.15, 0.2) is 47.4 Å². The summed E-state index contributed by atoms with van der Waals surface area (Å²) in [5.41, 5.74) is 0.600. The SMILES string of the molecule is CN1Cc2cc(NS(=O)(=O)c3ccc(C(F)(F)F)cc3)ccc2NC1=O. The summed E-state index contributed by atoms with van der Waals surface area (Å²) in [5.74, 6) is 0. The molecule has 0 fully saturated rings. The number of rotatable bonds is 3. The minimum Gasteiger partial charge on any atom is -0.323 e. The zero-order chi connectivity index (χ0) is 19.1. The Morgan fingerprint density at radius 3 is 2.38 bits per heavy atom. The van der Waals surface area contributed by atoms with Crippen molar-refractivity contribution >= 4 is 27.4 Å². The second-order valence-electron chi connectivity index (χ2n) is 5.79. The maximum atomic E-state index is 12.6. The topological polar surface area (TPSA) is 78.5 Å². The van der Waals surface area contributed by atoms with E-state index in [0.717, 1.165) is 12.1 Å². The predicted molar refractivity (Wildman–Crippen MR) is 89.2 cm³/mol. The molecule has 10 heteroatoms. The number of nitrogens with one attached hydrogen (secondary N) is 2. The standard InChI is InChI=1S/C16H14F3N3O3S/c1-22-9-10-8-12(4-7-14(10)20-15(22)23)21-26(24,25)13-5-2-11(3-6-13)16(17,18)19/h2-8,21H,9H2,1H3,(H,20,23). The van der Waals surface area contributed by atoms with Crippen LogP contribution in [-0.2, 0) is 22.7 Å². The van der Waals surface area contributed by atoms with E-state index in [2.05, 4.69) is 10.0 Å². The first kappa shape index (κ1) is 18.1. The fourth-order valence-electron chi connectivity index (χ4n) is 2.49. The Labute approximate surface area is 147 Å². The Bertz CT molecular complexity index is 957. The molecule has 0 spiro atoms. The summed E-state index contributed by atoms with van der Waals surface area (Å²) in [6.45, 7) is 0.303. The Hall–Kier alpha value is -2.75. The number of hydrogen-bond donors (Lipinski definition) is 2. The summed E-state index contributed by atoms with van der Waals surface area (Å²) in [6.07, 6.45) is -4.54. The molecule has 0 bridgehead atoms.